The smallest absolute Gasteiger partial charge is 0.323 e. The van der Waals surface area contributed by atoms with E-state index in [1.165, 1.54) is 25.0 Å². The van der Waals surface area contributed by atoms with Crippen LogP contribution in [-0.4, -0.2) is 24.5 Å². The first-order valence-electron chi connectivity index (χ1n) is 6.92. The highest BCUT2D eigenvalue weighted by Gasteiger charge is 2.32. The van der Waals surface area contributed by atoms with Crippen molar-refractivity contribution in [2.75, 3.05) is 13.6 Å². The number of rotatable bonds is 5. The van der Waals surface area contributed by atoms with Crippen LogP contribution in [0.2, 0.25) is 0 Å². The average Bonchev–Trinajstić information content (AvgIpc) is 3.21. The van der Waals surface area contributed by atoms with Gasteiger partial charge in [-0.3, -0.25) is 0 Å². The van der Waals surface area contributed by atoms with Crippen LogP contribution in [0.3, 0.4) is 0 Å². The van der Waals surface area contributed by atoms with Crippen molar-refractivity contribution in [3.8, 4) is 0 Å². The van der Waals surface area contributed by atoms with E-state index in [1.54, 1.807) is 0 Å². The van der Waals surface area contributed by atoms with Crippen molar-refractivity contribution in [3.63, 3.8) is 0 Å². The number of alkyl halides is 3. The molecule has 2 nitrogen and oxygen atoms in total. The lowest BCUT2D eigenvalue weighted by Gasteiger charge is -2.27. The summed E-state index contributed by atoms with van der Waals surface area (Å²) >= 11 is 0. The minimum Gasteiger partial charge on any atom is -0.323 e. The first-order valence-corrected chi connectivity index (χ1v) is 6.92. The molecule has 20 heavy (non-hydrogen) atoms. The minimum atomic E-state index is -4.29. The normalized spacial score (nSPS) is 19.1. The van der Waals surface area contributed by atoms with Gasteiger partial charge in [-0.25, -0.2) is 0 Å². The quantitative estimate of drug-likeness (QED) is 0.898. The van der Waals surface area contributed by atoms with E-state index in [0.29, 0.717) is 12.6 Å². The Morgan fingerprint density at radius 1 is 1.25 bits per heavy atom. The lowest BCUT2D eigenvalue weighted by Crippen LogP contribution is -2.36. The van der Waals surface area contributed by atoms with Crippen LogP contribution < -0.4 is 5.73 Å². The van der Waals surface area contributed by atoms with E-state index in [1.807, 2.05) is 7.05 Å². The highest BCUT2D eigenvalue weighted by Crippen LogP contribution is 2.35. The van der Waals surface area contributed by atoms with Gasteiger partial charge in [0, 0.05) is 18.6 Å². The molecule has 0 aromatic heterocycles. The zero-order chi connectivity index (χ0) is 14.9. The molecule has 2 atom stereocenters. The molecule has 2 unspecified atom stereocenters. The van der Waals surface area contributed by atoms with E-state index < -0.39 is 11.7 Å². The summed E-state index contributed by atoms with van der Waals surface area (Å²) in [6.07, 6.45) is -1.76. The Bertz CT molecular complexity index is 437. The fourth-order valence-corrected chi connectivity index (χ4v) is 2.44. The van der Waals surface area contributed by atoms with Crippen molar-refractivity contribution >= 4 is 0 Å². The maximum absolute atomic E-state index is 12.5. The third kappa shape index (κ3) is 3.73. The third-order valence-corrected chi connectivity index (χ3v) is 4.15. The summed E-state index contributed by atoms with van der Waals surface area (Å²) in [4.78, 5) is 2.19. The van der Waals surface area contributed by atoms with Gasteiger partial charge in [0.25, 0.3) is 0 Å². The molecule has 1 saturated carbocycles. The fraction of sp³-hybridized carbons (Fsp3) is 0.600. The predicted molar refractivity (Wildman–Crippen MR) is 73.2 cm³/mol. The largest absolute Gasteiger partial charge is 0.416 e. The van der Waals surface area contributed by atoms with Crippen LogP contribution in [0.1, 0.15) is 36.9 Å². The van der Waals surface area contributed by atoms with Gasteiger partial charge in [-0.15, -0.1) is 0 Å². The van der Waals surface area contributed by atoms with Crippen LogP contribution in [0, 0.1) is 5.92 Å². The maximum Gasteiger partial charge on any atom is 0.416 e. The van der Waals surface area contributed by atoms with E-state index in [-0.39, 0.29) is 6.04 Å². The summed E-state index contributed by atoms with van der Waals surface area (Å²) in [5.74, 6) is 0.750. The molecule has 2 N–H and O–H groups in total. The monoisotopic (exact) mass is 286 g/mol. The van der Waals surface area contributed by atoms with Gasteiger partial charge >= 0.3 is 6.18 Å². The molecule has 1 aliphatic rings. The van der Waals surface area contributed by atoms with E-state index in [9.17, 15) is 13.2 Å². The molecule has 1 aromatic carbocycles. The van der Waals surface area contributed by atoms with Gasteiger partial charge < -0.3 is 10.6 Å². The van der Waals surface area contributed by atoms with Crippen molar-refractivity contribution < 1.29 is 13.2 Å². The van der Waals surface area contributed by atoms with Gasteiger partial charge in [0.15, 0.2) is 0 Å². The SMILES string of the molecule is CC(C1CC1)N(C)CC(N)c1ccc(C(F)(F)F)cc1. The lowest BCUT2D eigenvalue weighted by molar-refractivity contribution is -0.137. The molecular weight excluding hydrogens is 265 g/mol. The summed E-state index contributed by atoms with van der Waals surface area (Å²) in [6, 6.07) is 5.37. The first-order chi connectivity index (χ1) is 9.29. The first kappa shape index (κ1) is 15.3. The molecule has 0 heterocycles. The highest BCUT2D eigenvalue weighted by molar-refractivity contribution is 5.26. The van der Waals surface area contributed by atoms with Crippen molar-refractivity contribution in [1.82, 2.24) is 4.90 Å². The summed E-state index contributed by atoms with van der Waals surface area (Å²) in [5, 5.41) is 0. The maximum atomic E-state index is 12.5. The topological polar surface area (TPSA) is 29.3 Å². The lowest BCUT2D eigenvalue weighted by atomic mass is 10.0. The van der Waals surface area contributed by atoms with E-state index >= 15 is 0 Å². The zero-order valence-corrected chi connectivity index (χ0v) is 11.8. The summed E-state index contributed by atoms with van der Waals surface area (Å²) in [7, 11) is 2.02. The number of nitrogens with zero attached hydrogens (tertiary/aromatic N) is 1. The Kier molecular flexibility index (Phi) is 4.39. The number of hydrogen-bond donors (Lipinski definition) is 1. The molecule has 112 valence electrons. The second kappa shape index (κ2) is 5.74. The van der Waals surface area contributed by atoms with Crippen LogP contribution >= 0.6 is 0 Å². The van der Waals surface area contributed by atoms with Gasteiger partial charge in [0.05, 0.1) is 5.56 Å². The summed E-state index contributed by atoms with van der Waals surface area (Å²) in [6.45, 7) is 2.83. The van der Waals surface area contributed by atoms with E-state index in [0.717, 1.165) is 23.6 Å². The van der Waals surface area contributed by atoms with Gasteiger partial charge in [-0.05, 0) is 50.4 Å². The molecule has 1 aliphatic carbocycles. The molecule has 5 heteroatoms. The number of likely N-dealkylation sites (N-methyl/N-ethyl adjacent to an activating group) is 1. The van der Waals surface area contributed by atoms with Crippen LogP contribution in [0.4, 0.5) is 13.2 Å². The second-order valence-electron chi connectivity index (χ2n) is 5.74. The Morgan fingerprint density at radius 2 is 1.80 bits per heavy atom. The molecule has 0 amide bonds. The molecular formula is C15H21F3N2. The fourth-order valence-electron chi connectivity index (χ4n) is 2.44. The second-order valence-corrected chi connectivity index (χ2v) is 5.74. The van der Waals surface area contributed by atoms with Gasteiger partial charge in [0.2, 0.25) is 0 Å². The number of nitrogens with two attached hydrogens (primary N) is 1. The standard InChI is InChI=1S/C15H21F3N2/c1-10(11-3-4-11)20(2)9-14(19)12-5-7-13(8-6-12)15(16,17)18/h5-8,10-11,14H,3-4,9,19H2,1-2H3. The molecule has 0 bridgehead atoms. The molecule has 1 aromatic rings. The van der Waals surface area contributed by atoms with Gasteiger partial charge in [-0.1, -0.05) is 12.1 Å². The third-order valence-electron chi connectivity index (χ3n) is 4.15. The van der Waals surface area contributed by atoms with Crippen LogP contribution in [-0.2, 0) is 6.18 Å². The summed E-state index contributed by atoms with van der Waals surface area (Å²) < 4.78 is 37.5. The van der Waals surface area contributed by atoms with Gasteiger partial charge in [-0.2, -0.15) is 13.2 Å². The van der Waals surface area contributed by atoms with Crippen molar-refractivity contribution in [2.45, 2.75) is 38.0 Å². The molecule has 2 rings (SSSR count). The number of benzene rings is 1. The number of hydrogen-bond acceptors (Lipinski definition) is 2. The highest BCUT2D eigenvalue weighted by atomic mass is 19.4. The molecule has 1 fully saturated rings. The number of halogens is 3. The van der Waals surface area contributed by atoms with Crippen molar-refractivity contribution in [3.05, 3.63) is 35.4 Å². The Labute approximate surface area is 117 Å². The Balaban J connectivity index is 1.96. The minimum absolute atomic E-state index is 0.261. The van der Waals surface area contributed by atoms with Crippen LogP contribution in [0.25, 0.3) is 0 Å². The Morgan fingerprint density at radius 3 is 2.25 bits per heavy atom. The molecule has 0 saturated heterocycles. The van der Waals surface area contributed by atoms with Gasteiger partial charge in [0.1, 0.15) is 0 Å². The predicted octanol–water partition coefficient (Wildman–Crippen LogP) is 3.44. The molecule has 0 spiro atoms. The molecule has 0 aliphatic heterocycles. The van der Waals surface area contributed by atoms with Crippen molar-refractivity contribution in [2.24, 2.45) is 11.7 Å². The van der Waals surface area contributed by atoms with Crippen molar-refractivity contribution in [1.29, 1.82) is 0 Å². The van der Waals surface area contributed by atoms with Crippen LogP contribution in [0.15, 0.2) is 24.3 Å². The van der Waals surface area contributed by atoms with E-state index in [2.05, 4.69) is 11.8 Å². The van der Waals surface area contributed by atoms with E-state index in [4.69, 9.17) is 5.73 Å². The zero-order valence-electron chi connectivity index (χ0n) is 11.8. The Hall–Kier alpha value is -1.07. The van der Waals surface area contributed by atoms with Crippen LogP contribution in [0.5, 0.6) is 0 Å². The molecule has 0 radical (unpaired) electrons. The average molecular weight is 286 g/mol. The summed E-state index contributed by atoms with van der Waals surface area (Å²) in [5.41, 5.74) is 6.20.